The highest BCUT2D eigenvalue weighted by Crippen LogP contribution is 2.19. The first-order chi connectivity index (χ1) is 10.0. The Morgan fingerprint density at radius 3 is 1.76 bits per heavy atom. The lowest BCUT2D eigenvalue weighted by atomic mass is 10.0. The number of unbranched alkanes of at least 4 members (excludes halogenated alkanes) is 7. The van der Waals surface area contributed by atoms with Crippen LogP contribution in [0.5, 0.6) is 0 Å². The third kappa shape index (κ3) is 8.71. The minimum atomic E-state index is -2.77. The summed E-state index contributed by atoms with van der Waals surface area (Å²) in [5.41, 5.74) is 1.22. The fraction of sp³-hybridized carbons (Fsp3) is 0.647. The highest BCUT2D eigenvalue weighted by atomic mass is 127. The van der Waals surface area contributed by atoms with E-state index in [1.807, 2.05) is 12.1 Å². The smallest absolute Gasteiger partial charge is 0.160 e. The van der Waals surface area contributed by atoms with Gasteiger partial charge in [0.25, 0.3) is 0 Å². The average Bonchev–Trinajstić information content (AvgIpc) is 2.45. The van der Waals surface area contributed by atoms with Gasteiger partial charge >= 0.3 is 0 Å². The number of hydrogen-bond donors (Lipinski definition) is 1. The van der Waals surface area contributed by atoms with Crippen molar-refractivity contribution in [3.8, 4) is 0 Å². The van der Waals surface area contributed by atoms with Gasteiger partial charge in [-0.1, -0.05) is 62.8 Å². The molecule has 0 aliphatic carbocycles. The first-order valence-corrected chi connectivity index (χ1v) is 8.89. The molecule has 0 amide bonds. The van der Waals surface area contributed by atoms with E-state index in [1.165, 1.54) is 44.2 Å². The second-order valence-corrected chi connectivity index (χ2v) is 6.85. The molecule has 1 rings (SSSR count). The lowest BCUT2D eigenvalue weighted by Crippen LogP contribution is -3.40. The highest BCUT2D eigenvalue weighted by Gasteiger charge is 2.13. The SMILES string of the molecule is OCCCCCCCCCCc1ccc(C(F)(F)[I-])cc1. The molecule has 0 bridgehead atoms. The Morgan fingerprint density at radius 2 is 1.29 bits per heavy atom. The van der Waals surface area contributed by atoms with Gasteiger partial charge in [-0.25, -0.2) is 8.78 Å². The Bertz CT molecular complexity index is 373. The summed E-state index contributed by atoms with van der Waals surface area (Å²) >= 11 is 1.16. The summed E-state index contributed by atoms with van der Waals surface area (Å²) in [5, 5.41) is 8.67. The summed E-state index contributed by atoms with van der Waals surface area (Å²) < 4.78 is 23.4. The molecule has 0 aliphatic rings. The van der Waals surface area contributed by atoms with Crippen molar-refractivity contribution in [2.45, 2.75) is 61.7 Å². The molecule has 0 unspecified atom stereocenters. The third-order valence-electron chi connectivity index (χ3n) is 3.65. The van der Waals surface area contributed by atoms with Crippen LogP contribution in [0.3, 0.4) is 0 Å². The zero-order valence-electron chi connectivity index (χ0n) is 12.5. The standard InChI is InChI=1S/C17H25F2IO/c18-17(19,20)16-12-10-15(11-13-16)9-7-5-3-1-2-4-6-8-14-21/h10-13,21H,1-9,14H2/q-1. The molecular weight excluding hydrogens is 385 g/mol. The number of hydrogen-bond acceptors (Lipinski definition) is 1. The molecule has 4 heteroatoms. The van der Waals surface area contributed by atoms with Crippen molar-refractivity contribution in [1.82, 2.24) is 0 Å². The normalized spacial score (nSPS) is 11.8. The van der Waals surface area contributed by atoms with Crippen molar-refractivity contribution in [3.05, 3.63) is 35.4 Å². The molecule has 0 fully saturated rings. The van der Waals surface area contributed by atoms with Gasteiger partial charge in [-0.2, -0.15) is 0 Å². The molecule has 121 valence electrons. The van der Waals surface area contributed by atoms with Crippen LogP contribution in [-0.2, 0) is 10.4 Å². The van der Waals surface area contributed by atoms with Crippen molar-refractivity contribution in [1.29, 1.82) is 0 Å². The highest BCUT2D eigenvalue weighted by molar-refractivity contribution is 5.24. The largest absolute Gasteiger partial charge is 0.709 e. The monoisotopic (exact) mass is 410 g/mol. The maximum Gasteiger partial charge on any atom is 0.160 e. The Morgan fingerprint density at radius 1 is 0.810 bits per heavy atom. The Labute approximate surface area is 140 Å². The maximum atomic E-state index is 13.1. The summed E-state index contributed by atoms with van der Waals surface area (Å²) in [6.45, 7) is 0.308. The van der Waals surface area contributed by atoms with E-state index in [1.54, 1.807) is 0 Å². The van der Waals surface area contributed by atoms with E-state index in [0.717, 1.165) is 53.8 Å². The van der Waals surface area contributed by atoms with Gasteiger partial charge < -0.3 is 27.7 Å². The van der Waals surface area contributed by atoms with Gasteiger partial charge in [0.1, 0.15) is 0 Å². The van der Waals surface area contributed by atoms with Crippen LogP contribution in [0.1, 0.15) is 62.5 Å². The molecule has 21 heavy (non-hydrogen) atoms. The predicted molar refractivity (Wildman–Crippen MR) is 78.1 cm³/mol. The van der Waals surface area contributed by atoms with E-state index < -0.39 is 3.93 Å². The van der Waals surface area contributed by atoms with Crippen LogP contribution in [0, 0.1) is 0 Å². The van der Waals surface area contributed by atoms with Crippen LogP contribution in [0.2, 0.25) is 0 Å². The van der Waals surface area contributed by atoms with Crippen molar-refractivity contribution in [2.24, 2.45) is 0 Å². The average molecular weight is 410 g/mol. The fourth-order valence-electron chi connectivity index (χ4n) is 2.36. The molecule has 0 heterocycles. The molecule has 0 spiro atoms. The zero-order chi connectivity index (χ0) is 15.6. The number of benzene rings is 1. The van der Waals surface area contributed by atoms with Crippen LogP contribution in [-0.4, -0.2) is 11.7 Å². The summed E-state index contributed by atoms with van der Waals surface area (Å²) in [6.07, 6.45) is 10.3. The van der Waals surface area contributed by atoms with Crippen LogP contribution in [0.4, 0.5) is 8.78 Å². The van der Waals surface area contributed by atoms with Crippen molar-refractivity contribution in [3.63, 3.8) is 0 Å². The van der Waals surface area contributed by atoms with Gasteiger partial charge in [0.2, 0.25) is 0 Å². The van der Waals surface area contributed by atoms with E-state index in [-0.39, 0.29) is 5.56 Å². The van der Waals surface area contributed by atoms with E-state index in [9.17, 15) is 8.78 Å². The number of aliphatic hydroxyl groups is 1. The fourth-order valence-corrected chi connectivity index (χ4v) is 2.72. The number of alkyl halides is 3. The Hall–Kier alpha value is -0.230. The predicted octanol–water partition coefficient (Wildman–Crippen LogP) is 1.94. The van der Waals surface area contributed by atoms with Gasteiger partial charge in [-0.3, -0.25) is 0 Å². The molecule has 1 N–H and O–H groups in total. The topological polar surface area (TPSA) is 20.2 Å². The lowest BCUT2D eigenvalue weighted by molar-refractivity contribution is -0.583. The van der Waals surface area contributed by atoms with Gasteiger partial charge in [0.05, 0.1) is 0 Å². The summed E-state index contributed by atoms with van der Waals surface area (Å²) in [6, 6.07) is 6.69. The van der Waals surface area contributed by atoms with E-state index in [4.69, 9.17) is 5.11 Å². The van der Waals surface area contributed by atoms with Gasteiger partial charge in [0.15, 0.2) is 3.93 Å². The van der Waals surface area contributed by atoms with Crippen molar-refractivity contribution >= 4 is 0 Å². The van der Waals surface area contributed by atoms with Crippen LogP contribution in [0.25, 0.3) is 0 Å². The number of halogens is 3. The van der Waals surface area contributed by atoms with E-state index in [2.05, 4.69) is 0 Å². The number of aliphatic hydroxyl groups excluding tert-OH is 1. The minimum Gasteiger partial charge on any atom is -0.709 e. The van der Waals surface area contributed by atoms with Crippen LogP contribution >= 0.6 is 0 Å². The number of aryl methyl sites for hydroxylation is 1. The molecule has 1 aromatic carbocycles. The molecule has 0 atom stereocenters. The first kappa shape index (κ1) is 18.8. The second-order valence-electron chi connectivity index (χ2n) is 5.50. The molecule has 0 saturated heterocycles. The molecule has 1 aromatic rings. The number of rotatable bonds is 11. The quantitative estimate of drug-likeness (QED) is 0.336. The molecule has 1 radical (unpaired) electrons. The van der Waals surface area contributed by atoms with Crippen LogP contribution in [0.15, 0.2) is 24.3 Å². The van der Waals surface area contributed by atoms with Gasteiger partial charge in [-0.15, -0.1) is 0 Å². The Balaban J connectivity index is 2.08. The minimum absolute atomic E-state index is 0.0785. The molecule has 0 aromatic heterocycles. The van der Waals surface area contributed by atoms with Gasteiger partial charge in [-0.05, 0) is 30.4 Å². The molecular formula is C17H25F2IO-. The molecule has 1 nitrogen and oxygen atoms in total. The lowest BCUT2D eigenvalue weighted by Gasteiger charge is -2.22. The van der Waals surface area contributed by atoms with Crippen LogP contribution < -0.4 is 22.6 Å². The third-order valence-corrected chi connectivity index (χ3v) is 4.28. The zero-order valence-corrected chi connectivity index (χ0v) is 14.6. The first-order valence-electron chi connectivity index (χ1n) is 7.81. The summed E-state index contributed by atoms with van der Waals surface area (Å²) in [5.74, 6) is 0. The van der Waals surface area contributed by atoms with E-state index in [0.29, 0.717) is 6.61 Å². The molecule has 0 saturated carbocycles. The second kappa shape index (κ2) is 10.5. The van der Waals surface area contributed by atoms with E-state index >= 15 is 0 Å². The summed E-state index contributed by atoms with van der Waals surface area (Å²) in [7, 11) is 0. The maximum absolute atomic E-state index is 13.1. The van der Waals surface area contributed by atoms with Crippen molar-refractivity contribution < 1.29 is 36.5 Å². The summed E-state index contributed by atoms with van der Waals surface area (Å²) in [4.78, 5) is 0. The van der Waals surface area contributed by atoms with Crippen molar-refractivity contribution in [2.75, 3.05) is 6.61 Å². The van der Waals surface area contributed by atoms with Gasteiger partial charge in [0, 0.05) is 6.61 Å². The molecule has 0 aliphatic heterocycles. The Kier molecular flexibility index (Phi) is 9.40.